The van der Waals surface area contributed by atoms with Gasteiger partial charge in [-0.3, -0.25) is 10.1 Å². The Morgan fingerprint density at radius 1 is 1.00 bits per heavy atom. The van der Waals surface area contributed by atoms with E-state index in [4.69, 9.17) is 21.7 Å². The molecule has 0 aromatic heterocycles. The zero-order valence-corrected chi connectivity index (χ0v) is 16.8. The number of amides is 1. The van der Waals surface area contributed by atoms with Crippen molar-refractivity contribution in [2.24, 2.45) is 0 Å². The number of hydrogen-bond donors (Lipinski definition) is 2. The zero-order chi connectivity index (χ0) is 20.4. The summed E-state index contributed by atoms with van der Waals surface area (Å²) in [5.41, 5.74) is 1.16. The Balaban J connectivity index is 2.04. The topological polar surface area (TPSA) is 76.7 Å². The van der Waals surface area contributed by atoms with Gasteiger partial charge in [-0.15, -0.1) is 0 Å². The van der Waals surface area contributed by atoms with Gasteiger partial charge in [0.25, 0.3) is 5.91 Å². The number of nitrogens with one attached hydrogen (secondary N) is 2. The molecular formula is C21H24N2O4S. The maximum absolute atomic E-state index is 12.6. The molecule has 2 rings (SSSR count). The van der Waals surface area contributed by atoms with Crippen molar-refractivity contribution in [1.82, 2.24) is 5.32 Å². The summed E-state index contributed by atoms with van der Waals surface area (Å²) in [5.74, 6) is -0.379. The van der Waals surface area contributed by atoms with Crippen LogP contribution < -0.4 is 15.4 Å². The van der Waals surface area contributed by atoms with E-state index in [1.54, 1.807) is 42.5 Å². The molecule has 0 atom stereocenters. The molecule has 148 valence electrons. The third-order valence-electron chi connectivity index (χ3n) is 3.94. The van der Waals surface area contributed by atoms with Gasteiger partial charge in [0.15, 0.2) is 5.11 Å². The Morgan fingerprint density at radius 2 is 1.68 bits per heavy atom. The lowest BCUT2D eigenvalue weighted by molar-refractivity contribution is 0.0602. The number of thiocarbonyl (C=S) groups is 1. The minimum absolute atomic E-state index is 0.0714. The zero-order valence-electron chi connectivity index (χ0n) is 16.0. The van der Waals surface area contributed by atoms with E-state index in [0.717, 1.165) is 19.3 Å². The molecule has 0 unspecified atom stereocenters. The Morgan fingerprint density at radius 3 is 2.39 bits per heavy atom. The molecule has 0 radical (unpaired) electrons. The highest BCUT2D eigenvalue weighted by Gasteiger charge is 2.16. The van der Waals surface area contributed by atoms with Crippen LogP contribution in [0.5, 0.6) is 5.75 Å². The van der Waals surface area contributed by atoms with E-state index in [0.29, 0.717) is 29.2 Å². The predicted octanol–water partition coefficient (Wildman–Crippen LogP) is 4.17. The fraction of sp³-hybridized carbons (Fsp3) is 0.286. The minimum atomic E-state index is -0.497. The van der Waals surface area contributed by atoms with Crippen molar-refractivity contribution in [2.75, 3.05) is 19.0 Å². The third-order valence-corrected chi connectivity index (χ3v) is 4.15. The number of benzene rings is 2. The molecule has 0 spiro atoms. The molecule has 0 heterocycles. The number of ether oxygens (including phenoxy) is 2. The molecule has 0 aliphatic heterocycles. The van der Waals surface area contributed by atoms with Crippen LogP contribution >= 0.6 is 12.2 Å². The van der Waals surface area contributed by atoms with E-state index in [1.165, 1.54) is 7.11 Å². The molecule has 6 nitrogen and oxygen atoms in total. The Labute approximate surface area is 170 Å². The third kappa shape index (κ3) is 6.06. The van der Waals surface area contributed by atoms with Crippen molar-refractivity contribution in [2.45, 2.75) is 26.2 Å². The van der Waals surface area contributed by atoms with Crippen LogP contribution in [0.1, 0.15) is 46.9 Å². The lowest BCUT2D eigenvalue weighted by Crippen LogP contribution is -2.34. The van der Waals surface area contributed by atoms with Crippen molar-refractivity contribution in [1.29, 1.82) is 0 Å². The van der Waals surface area contributed by atoms with E-state index in [1.807, 2.05) is 6.07 Å². The monoisotopic (exact) mass is 400 g/mol. The van der Waals surface area contributed by atoms with E-state index in [-0.39, 0.29) is 11.0 Å². The summed E-state index contributed by atoms with van der Waals surface area (Å²) in [4.78, 5) is 24.5. The lowest BCUT2D eigenvalue weighted by Gasteiger charge is -2.14. The summed E-state index contributed by atoms with van der Waals surface area (Å²) in [6.07, 6.45) is 3.09. The summed E-state index contributed by atoms with van der Waals surface area (Å²) in [5, 5.41) is 5.56. The van der Waals surface area contributed by atoms with Gasteiger partial charge >= 0.3 is 5.97 Å². The molecule has 0 aliphatic rings. The number of unbranched alkanes of at least 4 members (excludes halogenated alkanes) is 2. The van der Waals surface area contributed by atoms with Crippen LogP contribution in [0.2, 0.25) is 0 Å². The van der Waals surface area contributed by atoms with E-state index in [9.17, 15) is 9.59 Å². The molecule has 2 N–H and O–H groups in total. The fourth-order valence-electron chi connectivity index (χ4n) is 2.52. The number of methoxy groups -OCH3 is 1. The first-order valence-corrected chi connectivity index (χ1v) is 9.49. The summed E-state index contributed by atoms with van der Waals surface area (Å²) in [6, 6.07) is 13.8. The fourth-order valence-corrected chi connectivity index (χ4v) is 2.72. The van der Waals surface area contributed by atoms with Crippen LogP contribution in [0.3, 0.4) is 0 Å². The first-order valence-electron chi connectivity index (χ1n) is 9.08. The van der Waals surface area contributed by atoms with Gasteiger partial charge in [0.05, 0.1) is 30.5 Å². The SMILES string of the molecule is CCCCCOc1ccccc1C(=O)NC(=S)Nc1ccccc1C(=O)OC. The normalized spacial score (nSPS) is 10.1. The number of carbonyl (C=O) groups excluding carboxylic acids is 2. The van der Waals surface area contributed by atoms with E-state index in [2.05, 4.69) is 17.6 Å². The summed E-state index contributed by atoms with van der Waals surface area (Å²) >= 11 is 5.22. The molecule has 1 amide bonds. The molecule has 28 heavy (non-hydrogen) atoms. The first kappa shape index (κ1) is 21.4. The van der Waals surface area contributed by atoms with Crippen LogP contribution in [-0.4, -0.2) is 30.7 Å². The molecule has 0 saturated carbocycles. The van der Waals surface area contributed by atoms with Crippen LogP contribution in [0.15, 0.2) is 48.5 Å². The van der Waals surface area contributed by atoms with Gasteiger partial charge in [-0.25, -0.2) is 4.79 Å². The van der Waals surface area contributed by atoms with Crippen LogP contribution in [0.4, 0.5) is 5.69 Å². The maximum Gasteiger partial charge on any atom is 0.339 e. The quantitative estimate of drug-likeness (QED) is 0.393. The smallest absolute Gasteiger partial charge is 0.339 e. The standard InChI is InChI=1S/C21H24N2O4S/c1-3-4-9-14-27-18-13-8-6-11-16(18)19(24)23-21(28)22-17-12-7-5-10-15(17)20(25)26-2/h5-8,10-13H,3-4,9,14H2,1-2H3,(H2,22,23,24,28). The van der Waals surface area contributed by atoms with Gasteiger partial charge < -0.3 is 14.8 Å². The first-order chi connectivity index (χ1) is 13.6. The van der Waals surface area contributed by atoms with Gasteiger partial charge in [-0.1, -0.05) is 44.0 Å². The second kappa shape index (κ2) is 11.0. The summed E-state index contributed by atoms with van der Waals surface area (Å²) in [6.45, 7) is 2.67. The number of carbonyl (C=O) groups is 2. The van der Waals surface area contributed by atoms with Crippen molar-refractivity contribution in [3.63, 3.8) is 0 Å². The summed E-state index contributed by atoms with van der Waals surface area (Å²) in [7, 11) is 1.30. The Bertz CT molecular complexity index is 839. The van der Waals surface area contributed by atoms with Gasteiger partial charge in [0.2, 0.25) is 0 Å². The van der Waals surface area contributed by atoms with Gasteiger partial charge in [0.1, 0.15) is 5.75 Å². The molecule has 7 heteroatoms. The maximum atomic E-state index is 12.6. The largest absolute Gasteiger partial charge is 0.493 e. The van der Waals surface area contributed by atoms with Gasteiger partial charge in [-0.2, -0.15) is 0 Å². The number of esters is 1. The second-order valence-electron chi connectivity index (χ2n) is 6.00. The van der Waals surface area contributed by atoms with Crippen LogP contribution in [0, 0.1) is 0 Å². The molecule has 0 fully saturated rings. The average Bonchev–Trinajstić information content (AvgIpc) is 2.71. The van der Waals surface area contributed by atoms with E-state index < -0.39 is 5.97 Å². The molecule has 0 aliphatic carbocycles. The van der Waals surface area contributed by atoms with Crippen molar-refractivity contribution in [3.05, 3.63) is 59.7 Å². The highest BCUT2D eigenvalue weighted by molar-refractivity contribution is 7.80. The molecule has 0 bridgehead atoms. The molecule has 0 saturated heterocycles. The Kier molecular flexibility index (Phi) is 8.42. The van der Waals surface area contributed by atoms with Crippen molar-refractivity contribution >= 4 is 34.9 Å². The van der Waals surface area contributed by atoms with Crippen LogP contribution in [0.25, 0.3) is 0 Å². The number of rotatable bonds is 8. The number of para-hydroxylation sites is 2. The van der Waals surface area contributed by atoms with Crippen LogP contribution in [-0.2, 0) is 4.74 Å². The van der Waals surface area contributed by atoms with E-state index >= 15 is 0 Å². The summed E-state index contributed by atoms with van der Waals surface area (Å²) < 4.78 is 10.5. The molecule has 2 aromatic rings. The predicted molar refractivity (Wildman–Crippen MR) is 113 cm³/mol. The minimum Gasteiger partial charge on any atom is -0.493 e. The van der Waals surface area contributed by atoms with Gasteiger partial charge in [0, 0.05) is 0 Å². The Hall–Kier alpha value is -2.93. The number of hydrogen-bond acceptors (Lipinski definition) is 5. The second-order valence-corrected chi connectivity index (χ2v) is 6.41. The highest BCUT2D eigenvalue weighted by Crippen LogP contribution is 2.19. The van der Waals surface area contributed by atoms with Crippen molar-refractivity contribution in [3.8, 4) is 5.75 Å². The highest BCUT2D eigenvalue weighted by atomic mass is 32.1. The van der Waals surface area contributed by atoms with Crippen molar-refractivity contribution < 1.29 is 19.1 Å². The average molecular weight is 401 g/mol. The van der Waals surface area contributed by atoms with Gasteiger partial charge in [-0.05, 0) is 42.9 Å². The lowest BCUT2D eigenvalue weighted by atomic mass is 10.2. The molecular weight excluding hydrogens is 376 g/mol. The molecule has 2 aromatic carbocycles. The number of anilines is 1.